The number of carbonyl (C=O) groups is 2. The molecule has 1 N–H and O–H groups in total. The summed E-state index contributed by atoms with van der Waals surface area (Å²) >= 11 is 0. The number of anilines is 1. The first kappa shape index (κ1) is 30.1. The van der Waals surface area contributed by atoms with Gasteiger partial charge in [0.2, 0.25) is 5.91 Å². The third-order valence-electron chi connectivity index (χ3n) is 8.85. The van der Waals surface area contributed by atoms with Crippen molar-refractivity contribution in [2.75, 3.05) is 51.3 Å². The Balaban J connectivity index is 1.50. The van der Waals surface area contributed by atoms with Crippen LogP contribution in [-0.4, -0.2) is 96.2 Å². The Morgan fingerprint density at radius 3 is 2.52 bits per heavy atom. The zero-order chi connectivity index (χ0) is 30.1. The first-order chi connectivity index (χ1) is 20.1. The number of halogens is 3. The number of alkyl halides is 3. The number of carbonyl (C=O) groups excluding carboxylic acids is 2. The molecule has 0 aromatic carbocycles. The van der Waals surface area contributed by atoms with Crippen molar-refractivity contribution in [3.63, 3.8) is 0 Å². The lowest BCUT2D eigenvalue weighted by molar-refractivity contribution is -0.248. The van der Waals surface area contributed by atoms with Crippen molar-refractivity contribution >= 4 is 17.5 Å². The fourth-order valence-electron chi connectivity index (χ4n) is 6.31. The van der Waals surface area contributed by atoms with Gasteiger partial charge >= 0.3 is 6.18 Å². The lowest BCUT2D eigenvalue weighted by Crippen LogP contribution is -2.62. The van der Waals surface area contributed by atoms with E-state index < -0.39 is 17.5 Å². The van der Waals surface area contributed by atoms with Crippen LogP contribution in [-0.2, 0) is 4.79 Å². The number of ether oxygens (including phenoxy) is 1. The number of nitrogens with zero attached hydrogens (tertiary/aromatic N) is 5. The molecular formula is C30H39F3N6O3. The normalized spacial score (nSPS) is 22.5. The van der Waals surface area contributed by atoms with Crippen LogP contribution in [0.4, 0.5) is 18.9 Å². The molecule has 3 aliphatic rings. The van der Waals surface area contributed by atoms with E-state index in [9.17, 15) is 22.8 Å². The van der Waals surface area contributed by atoms with E-state index in [0.717, 1.165) is 19.5 Å². The van der Waals surface area contributed by atoms with Gasteiger partial charge in [0.1, 0.15) is 16.9 Å². The molecule has 2 amide bonds. The predicted octanol–water partition coefficient (Wildman–Crippen LogP) is 4.14. The van der Waals surface area contributed by atoms with Crippen molar-refractivity contribution in [3.8, 4) is 17.0 Å². The number of nitrogens with one attached hydrogen (secondary N) is 1. The maximum atomic E-state index is 14.0. The summed E-state index contributed by atoms with van der Waals surface area (Å²) in [6.07, 6.45) is 0.200. The van der Waals surface area contributed by atoms with E-state index >= 15 is 0 Å². The van der Waals surface area contributed by atoms with Crippen LogP contribution in [0.5, 0.6) is 5.75 Å². The van der Waals surface area contributed by atoms with Crippen molar-refractivity contribution < 1.29 is 27.5 Å². The van der Waals surface area contributed by atoms with E-state index in [2.05, 4.69) is 15.2 Å². The maximum absolute atomic E-state index is 14.0. The second-order valence-electron chi connectivity index (χ2n) is 11.5. The second kappa shape index (κ2) is 12.1. The van der Waals surface area contributed by atoms with Gasteiger partial charge in [-0.25, -0.2) is 4.98 Å². The monoisotopic (exact) mass is 588 g/mol. The highest BCUT2D eigenvalue weighted by molar-refractivity contribution is 5.99. The first-order valence-corrected chi connectivity index (χ1v) is 14.8. The molecule has 9 nitrogen and oxygen atoms in total. The Bertz CT molecular complexity index is 1290. The molecule has 0 unspecified atom stereocenters. The summed E-state index contributed by atoms with van der Waals surface area (Å²) in [5.74, 6) is -0.670. The number of pyridine rings is 2. The van der Waals surface area contributed by atoms with Crippen LogP contribution in [0, 0.1) is 5.41 Å². The third-order valence-corrected chi connectivity index (χ3v) is 8.85. The van der Waals surface area contributed by atoms with Crippen molar-refractivity contribution in [1.29, 1.82) is 0 Å². The molecule has 2 atom stereocenters. The number of aromatic nitrogens is 2. The van der Waals surface area contributed by atoms with Crippen LogP contribution in [0.3, 0.4) is 0 Å². The zero-order valence-corrected chi connectivity index (χ0v) is 24.4. The van der Waals surface area contributed by atoms with Crippen molar-refractivity contribution in [3.05, 3.63) is 36.3 Å². The van der Waals surface area contributed by atoms with Gasteiger partial charge in [0, 0.05) is 62.3 Å². The van der Waals surface area contributed by atoms with Crippen LogP contribution in [0.25, 0.3) is 11.3 Å². The van der Waals surface area contributed by atoms with Gasteiger partial charge in [-0.15, -0.1) is 0 Å². The quantitative estimate of drug-likeness (QED) is 0.496. The van der Waals surface area contributed by atoms with E-state index in [4.69, 9.17) is 9.72 Å². The third kappa shape index (κ3) is 5.65. The summed E-state index contributed by atoms with van der Waals surface area (Å²) in [5.41, 5.74) is -0.329. The number of hydrogen-bond acceptors (Lipinski definition) is 7. The molecule has 0 spiro atoms. The predicted molar refractivity (Wildman–Crippen MR) is 152 cm³/mol. The van der Waals surface area contributed by atoms with Gasteiger partial charge in [0.25, 0.3) is 5.91 Å². The van der Waals surface area contributed by atoms with Gasteiger partial charge in [-0.1, -0.05) is 13.3 Å². The number of likely N-dealkylation sites (tertiary alicyclic amines) is 1. The molecule has 228 valence electrons. The van der Waals surface area contributed by atoms with E-state index in [1.807, 2.05) is 31.9 Å². The van der Waals surface area contributed by atoms with Crippen LogP contribution in [0.2, 0.25) is 0 Å². The first-order valence-electron chi connectivity index (χ1n) is 14.8. The lowest BCUT2D eigenvalue weighted by Gasteiger charge is -2.48. The van der Waals surface area contributed by atoms with Gasteiger partial charge in [-0.05, 0) is 58.3 Å². The SMILES string of the molecule is CCOc1cc(N2CCN(C(=O)C3(C(F)(F)F)CCC3)C[C@H]2CC)c(C(=O)N[C@H]2CCN(C)C2)nc1-c1cccnc1. The van der Waals surface area contributed by atoms with Gasteiger partial charge in [-0.2, -0.15) is 13.2 Å². The average Bonchev–Trinajstić information content (AvgIpc) is 3.35. The maximum Gasteiger partial charge on any atom is 0.403 e. The Kier molecular flexibility index (Phi) is 8.63. The molecule has 2 aliphatic heterocycles. The molecule has 0 bridgehead atoms. The smallest absolute Gasteiger partial charge is 0.403 e. The molecule has 4 heterocycles. The van der Waals surface area contributed by atoms with Crippen LogP contribution in [0.15, 0.2) is 30.6 Å². The minimum atomic E-state index is -4.57. The molecule has 2 saturated heterocycles. The van der Waals surface area contributed by atoms with Gasteiger partial charge in [0.15, 0.2) is 5.69 Å². The Morgan fingerprint density at radius 2 is 1.95 bits per heavy atom. The molecule has 1 aliphatic carbocycles. The second-order valence-corrected chi connectivity index (χ2v) is 11.5. The summed E-state index contributed by atoms with van der Waals surface area (Å²) in [6.45, 7) is 6.29. The van der Waals surface area contributed by atoms with E-state index in [0.29, 0.717) is 42.1 Å². The molecular weight excluding hydrogens is 549 g/mol. The minimum absolute atomic E-state index is 0.0250. The van der Waals surface area contributed by atoms with Crippen LogP contribution in [0.1, 0.15) is 56.4 Å². The van der Waals surface area contributed by atoms with Crippen molar-refractivity contribution in [2.24, 2.45) is 5.41 Å². The number of piperazine rings is 1. The van der Waals surface area contributed by atoms with Crippen LogP contribution < -0.4 is 15.0 Å². The average molecular weight is 589 g/mol. The molecule has 2 aromatic heterocycles. The molecule has 1 saturated carbocycles. The highest BCUT2D eigenvalue weighted by atomic mass is 19.4. The number of hydrogen-bond donors (Lipinski definition) is 1. The Hall–Kier alpha value is -3.41. The van der Waals surface area contributed by atoms with Gasteiger partial charge in [-0.3, -0.25) is 14.6 Å². The summed E-state index contributed by atoms with van der Waals surface area (Å²) in [5, 5.41) is 3.13. The molecule has 12 heteroatoms. The molecule has 5 rings (SSSR count). The van der Waals surface area contributed by atoms with E-state index in [1.165, 1.54) is 4.90 Å². The van der Waals surface area contributed by atoms with E-state index in [1.54, 1.807) is 24.5 Å². The topological polar surface area (TPSA) is 90.9 Å². The Morgan fingerprint density at radius 1 is 1.17 bits per heavy atom. The molecule has 0 radical (unpaired) electrons. The zero-order valence-electron chi connectivity index (χ0n) is 24.4. The largest absolute Gasteiger partial charge is 0.492 e. The highest BCUT2D eigenvalue weighted by Crippen LogP contribution is 2.54. The number of likely N-dealkylation sites (N-methyl/N-ethyl adjacent to an activating group) is 1. The summed E-state index contributed by atoms with van der Waals surface area (Å²) in [4.78, 5) is 41.7. The molecule has 42 heavy (non-hydrogen) atoms. The Labute approximate surface area is 244 Å². The summed E-state index contributed by atoms with van der Waals surface area (Å²) in [7, 11) is 2.01. The summed E-state index contributed by atoms with van der Waals surface area (Å²) in [6, 6.07) is 5.10. The fourth-order valence-corrected chi connectivity index (χ4v) is 6.31. The number of rotatable bonds is 8. The van der Waals surface area contributed by atoms with Crippen molar-refractivity contribution in [2.45, 2.75) is 64.2 Å². The molecule has 2 aromatic rings. The fraction of sp³-hybridized carbons (Fsp3) is 0.600. The highest BCUT2D eigenvalue weighted by Gasteiger charge is 2.64. The van der Waals surface area contributed by atoms with E-state index in [-0.39, 0.29) is 56.2 Å². The molecule has 3 fully saturated rings. The van der Waals surface area contributed by atoms with Crippen LogP contribution >= 0.6 is 0 Å². The lowest BCUT2D eigenvalue weighted by atomic mass is 9.67. The standard InChI is InChI=1S/C30H39F3N6O3/c1-4-22-19-38(28(41)29(10-7-11-29)30(31,32)33)14-15-39(22)23-16-24(42-5-2)25(20-8-6-12-34-17-20)36-26(23)27(40)35-21-9-13-37(3)18-21/h6,8,12,16-17,21-22H,4-5,7,9-11,13-15,18-19H2,1-3H3,(H,35,40)/t21-,22+/m0/s1. The summed E-state index contributed by atoms with van der Waals surface area (Å²) < 4.78 is 47.9. The van der Waals surface area contributed by atoms with Gasteiger partial charge < -0.3 is 24.8 Å². The minimum Gasteiger partial charge on any atom is -0.492 e. The number of amides is 2. The van der Waals surface area contributed by atoms with Crippen molar-refractivity contribution in [1.82, 2.24) is 25.1 Å². The van der Waals surface area contributed by atoms with Gasteiger partial charge in [0.05, 0.1) is 12.3 Å².